The lowest BCUT2D eigenvalue weighted by Crippen LogP contribution is -2.31. The summed E-state index contributed by atoms with van der Waals surface area (Å²) in [6.45, 7) is 2.32. The predicted molar refractivity (Wildman–Crippen MR) is 74.2 cm³/mol. The summed E-state index contributed by atoms with van der Waals surface area (Å²) in [7, 11) is -3.56. The number of carboxylic acids is 1. The molecule has 0 saturated heterocycles. The number of carbonyl (C=O) groups is 2. The number of rotatable bonds is 7. The van der Waals surface area contributed by atoms with Crippen LogP contribution in [0.5, 0.6) is 0 Å². The van der Waals surface area contributed by atoms with E-state index >= 15 is 0 Å². The molecule has 0 aliphatic carbocycles. The minimum atomic E-state index is -3.56. The normalized spacial score (nSPS) is 11.1. The van der Waals surface area contributed by atoms with Crippen molar-refractivity contribution in [3.8, 4) is 0 Å². The molecule has 0 heterocycles. The number of hydrogen-bond donors (Lipinski definition) is 2. The van der Waals surface area contributed by atoms with Crippen molar-refractivity contribution < 1.29 is 23.1 Å². The van der Waals surface area contributed by atoms with Gasteiger partial charge in [0.2, 0.25) is 5.91 Å². The summed E-state index contributed by atoms with van der Waals surface area (Å²) < 4.78 is 23.6. The Labute approximate surface area is 117 Å². The Hall–Kier alpha value is -1.89. The highest BCUT2D eigenvalue weighted by molar-refractivity contribution is 7.91. The van der Waals surface area contributed by atoms with Crippen LogP contribution in [0.15, 0.2) is 24.3 Å². The fourth-order valence-corrected chi connectivity index (χ4v) is 2.87. The van der Waals surface area contributed by atoms with Crippen molar-refractivity contribution in [1.82, 2.24) is 5.32 Å². The van der Waals surface area contributed by atoms with Crippen LogP contribution in [0.1, 0.15) is 29.3 Å². The molecule has 2 N–H and O–H groups in total. The van der Waals surface area contributed by atoms with E-state index < -0.39 is 27.5 Å². The summed E-state index contributed by atoms with van der Waals surface area (Å²) in [5.41, 5.74) is 0.546. The van der Waals surface area contributed by atoms with E-state index in [1.165, 1.54) is 24.3 Å². The van der Waals surface area contributed by atoms with Gasteiger partial charge in [0.15, 0.2) is 9.84 Å². The van der Waals surface area contributed by atoms with Crippen LogP contribution < -0.4 is 5.32 Å². The van der Waals surface area contributed by atoms with Gasteiger partial charge >= 0.3 is 5.97 Å². The molecule has 0 atom stereocenters. The number of benzene rings is 1. The maximum absolute atomic E-state index is 11.8. The van der Waals surface area contributed by atoms with Crippen molar-refractivity contribution >= 4 is 21.7 Å². The van der Waals surface area contributed by atoms with Crippen molar-refractivity contribution in [2.24, 2.45) is 0 Å². The molecular weight excluding hydrogens is 282 g/mol. The Morgan fingerprint density at radius 2 is 1.80 bits per heavy atom. The molecule has 0 aliphatic rings. The van der Waals surface area contributed by atoms with Gasteiger partial charge in [-0.25, -0.2) is 13.2 Å². The van der Waals surface area contributed by atoms with Crippen LogP contribution in [-0.2, 0) is 20.4 Å². The van der Waals surface area contributed by atoms with Crippen molar-refractivity contribution in [3.05, 3.63) is 35.4 Å². The number of amides is 1. The van der Waals surface area contributed by atoms with E-state index in [1.807, 2.05) is 6.92 Å². The van der Waals surface area contributed by atoms with Crippen LogP contribution in [0.25, 0.3) is 0 Å². The molecule has 110 valence electrons. The fourth-order valence-electron chi connectivity index (χ4n) is 1.56. The maximum Gasteiger partial charge on any atom is 0.335 e. The highest BCUT2D eigenvalue weighted by Gasteiger charge is 2.17. The van der Waals surface area contributed by atoms with E-state index in [0.717, 1.165) is 6.42 Å². The van der Waals surface area contributed by atoms with Crippen molar-refractivity contribution in [2.45, 2.75) is 19.1 Å². The number of hydrogen-bond acceptors (Lipinski definition) is 4. The number of carboxylic acid groups (broad SMARTS) is 1. The van der Waals surface area contributed by atoms with Crippen LogP contribution in [0, 0.1) is 0 Å². The lowest BCUT2D eigenvalue weighted by molar-refractivity contribution is -0.118. The highest BCUT2D eigenvalue weighted by atomic mass is 32.2. The minimum absolute atomic E-state index is 0.0897. The summed E-state index contributed by atoms with van der Waals surface area (Å²) in [4.78, 5) is 22.1. The van der Waals surface area contributed by atoms with Gasteiger partial charge in [0.25, 0.3) is 0 Å². The lowest BCUT2D eigenvalue weighted by atomic mass is 10.1. The first-order valence-corrected chi connectivity index (χ1v) is 7.95. The van der Waals surface area contributed by atoms with Gasteiger partial charge in [-0.15, -0.1) is 0 Å². The summed E-state index contributed by atoms with van der Waals surface area (Å²) >= 11 is 0. The summed E-state index contributed by atoms with van der Waals surface area (Å²) in [5, 5.41) is 11.2. The average Bonchev–Trinajstić information content (AvgIpc) is 2.35. The molecule has 7 heteroatoms. The van der Waals surface area contributed by atoms with Crippen molar-refractivity contribution in [3.63, 3.8) is 0 Å². The third-order valence-electron chi connectivity index (χ3n) is 2.51. The van der Waals surface area contributed by atoms with Gasteiger partial charge in [-0.05, 0) is 24.1 Å². The summed E-state index contributed by atoms with van der Waals surface area (Å²) in [6, 6.07) is 5.55. The maximum atomic E-state index is 11.8. The predicted octanol–water partition coefficient (Wildman–Crippen LogP) is 0.826. The van der Waals surface area contributed by atoms with Gasteiger partial charge in [0.1, 0.15) is 5.75 Å². The molecule has 1 amide bonds. The van der Waals surface area contributed by atoms with E-state index in [4.69, 9.17) is 5.11 Å². The smallest absolute Gasteiger partial charge is 0.335 e. The van der Waals surface area contributed by atoms with Crippen LogP contribution in [0.2, 0.25) is 0 Å². The third-order valence-corrected chi connectivity index (χ3v) is 3.99. The molecule has 0 saturated carbocycles. The van der Waals surface area contributed by atoms with Gasteiger partial charge in [-0.1, -0.05) is 19.1 Å². The Balaban J connectivity index is 2.66. The quantitative estimate of drug-likeness (QED) is 0.776. The average molecular weight is 299 g/mol. The van der Waals surface area contributed by atoms with Gasteiger partial charge in [-0.2, -0.15) is 0 Å². The molecule has 1 aromatic rings. The highest BCUT2D eigenvalue weighted by Crippen LogP contribution is 2.09. The first-order valence-electron chi connectivity index (χ1n) is 6.13. The van der Waals surface area contributed by atoms with Gasteiger partial charge in [0, 0.05) is 6.54 Å². The van der Waals surface area contributed by atoms with Crippen LogP contribution in [0.3, 0.4) is 0 Å². The van der Waals surface area contributed by atoms with Gasteiger partial charge in [-0.3, -0.25) is 4.79 Å². The molecule has 0 spiro atoms. The zero-order chi connectivity index (χ0) is 15.2. The zero-order valence-electron chi connectivity index (χ0n) is 11.1. The fraction of sp³-hybridized carbons (Fsp3) is 0.385. The number of carbonyl (C=O) groups excluding carboxylic acids is 1. The molecule has 6 nitrogen and oxygen atoms in total. The Kier molecular flexibility index (Phi) is 5.69. The van der Waals surface area contributed by atoms with Crippen LogP contribution in [0.4, 0.5) is 0 Å². The molecule has 1 aromatic carbocycles. The number of aromatic carboxylic acids is 1. The molecule has 0 aromatic heterocycles. The Morgan fingerprint density at radius 3 is 2.30 bits per heavy atom. The van der Waals surface area contributed by atoms with E-state index in [-0.39, 0.29) is 11.3 Å². The molecule has 0 aliphatic heterocycles. The molecule has 0 unspecified atom stereocenters. The van der Waals surface area contributed by atoms with Crippen molar-refractivity contribution in [1.29, 1.82) is 0 Å². The first kappa shape index (κ1) is 16.2. The van der Waals surface area contributed by atoms with Gasteiger partial charge in [0.05, 0.1) is 11.3 Å². The summed E-state index contributed by atoms with van der Waals surface area (Å²) in [5.74, 6) is -2.44. The first-order chi connectivity index (χ1) is 9.34. The van der Waals surface area contributed by atoms with Gasteiger partial charge < -0.3 is 10.4 Å². The second-order valence-electron chi connectivity index (χ2n) is 4.38. The van der Waals surface area contributed by atoms with E-state index in [9.17, 15) is 18.0 Å². The van der Waals surface area contributed by atoms with E-state index in [1.54, 1.807) is 0 Å². The summed E-state index contributed by atoms with van der Waals surface area (Å²) in [6.07, 6.45) is 0.739. The third kappa shape index (κ3) is 5.40. The largest absolute Gasteiger partial charge is 0.478 e. The Morgan fingerprint density at radius 1 is 1.20 bits per heavy atom. The monoisotopic (exact) mass is 299 g/mol. The molecule has 0 bridgehead atoms. The molecular formula is C13H17NO5S. The SMILES string of the molecule is CCCNC(=O)CS(=O)(=O)Cc1ccc(C(=O)O)cc1. The molecule has 0 fully saturated rings. The van der Waals surface area contributed by atoms with Crippen molar-refractivity contribution in [2.75, 3.05) is 12.3 Å². The van der Waals surface area contributed by atoms with Crippen LogP contribution in [-0.4, -0.2) is 37.7 Å². The van der Waals surface area contributed by atoms with Crippen LogP contribution >= 0.6 is 0 Å². The molecule has 20 heavy (non-hydrogen) atoms. The topological polar surface area (TPSA) is 101 Å². The second kappa shape index (κ2) is 7.04. The lowest BCUT2D eigenvalue weighted by Gasteiger charge is -2.06. The molecule has 1 rings (SSSR count). The minimum Gasteiger partial charge on any atom is -0.478 e. The van der Waals surface area contributed by atoms with E-state index in [2.05, 4.69) is 5.32 Å². The number of nitrogens with one attached hydrogen (secondary N) is 1. The Bertz CT molecular complexity index is 577. The number of sulfone groups is 1. The van der Waals surface area contributed by atoms with E-state index in [0.29, 0.717) is 12.1 Å². The molecule has 0 radical (unpaired) electrons. The second-order valence-corrected chi connectivity index (χ2v) is 6.45. The zero-order valence-corrected chi connectivity index (χ0v) is 11.9. The standard InChI is InChI=1S/C13H17NO5S/c1-2-7-14-12(15)9-20(18,19)8-10-3-5-11(6-4-10)13(16)17/h3-6H,2,7-9H2,1H3,(H,14,15)(H,16,17).